The van der Waals surface area contributed by atoms with E-state index in [1.165, 1.54) is 11.1 Å². The molecular formula is C40H48O2. The molecule has 0 amide bonds. The van der Waals surface area contributed by atoms with Gasteiger partial charge in [-0.15, -0.1) is 0 Å². The lowest BCUT2D eigenvalue weighted by Crippen LogP contribution is -1.91. The summed E-state index contributed by atoms with van der Waals surface area (Å²) >= 11 is 0. The highest BCUT2D eigenvalue weighted by Crippen LogP contribution is 2.28. The van der Waals surface area contributed by atoms with Crippen molar-refractivity contribution in [3.05, 3.63) is 152 Å². The first-order chi connectivity index (χ1) is 19.8. The van der Waals surface area contributed by atoms with Crippen molar-refractivity contribution in [3.63, 3.8) is 0 Å². The number of aryl methyl sites for hydroxylation is 2. The van der Waals surface area contributed by atoms with Crippen molar-refractivity contribution in [2.75, 3.05) is 0 Å². The smallest absolute Gasteiger partial charge is 0.119 e. The van der Waals surface area contributed by atoms with Gasteiger partial charge in [0.2, 0.25) is 0 Å². The lowest BCUT2D eigenvalue weighted by Gasteiger charge is -2.10. The maximum atomic E-state index is 10.0. The summed E-state index contributed by atoms with van der Waals surface area (Å²) in [5, 5.41) is 20.0. The summed E-state index contributed by atoms with van der Waals surface area (Å²) in [6.45, 7) is 20.4. The maximum Gasteiger partial charge on any atom is 0.119 e. The highest BCUT2D eigenvalue weighted by atomic mass is 16.3. The van der Waals surface area contributed by atoms with E-state index in [2.05, 4.69) is 127 Å². The third-order valence-corrected chi connectivity index (χ3v) is 7.55. The predicted molar refractivity (Wildman–Crippen MR) is 185 cm³/mol. The van der Waals surface area contributed by atoms with Gasteiger partial charge in [0.05, 0.1) is 0 Å². The minimum absolute atomic E-state index is 0.357. The fraction of sp³-hybridized carbons (Fsp3) is 0.250. The molecule has 0 atom stereocenters. The molecular weight excluding hydrogens is 512 g/mol. The van der Waals surface area contributed by atoms with Gasteiger partial charge in [-0.05, 0) is 126 Å². The molecule has 0 radical (unpaired) electrons. The summed E-state index contributed by atoms with van der Waals surface area (Å²) in [7, 11) is 0. The minimum atomic E-state index is 0.357. The standard InChI is InChI=1S/C40H48O2/c1-27(17-13-19-29(3)21-23-37-31(5)25-39(41)35(9)33(37)7)15-11-12-16-28(2)18-14-20-30(4)22-24-38-32(6)26-40(42)36(10)34(38)8/h11-26,41-42H,1-10H3/b12-11+,17-13+,18-14?,23-21+,24-22?,27-15+,28-16?,29-19+,30-20?. The van der Waals surface area contributed by atoms with Crippen LogP contribution in [0.4, 0.5) is 0 Å². The molecule has 0 aliphatic carbocycles. The zero-order valence-corrected chi connectivity index (χ0v) is 27.1. The van der Waals surface area contributed by atoms with Gasteiger partial charge < -0.3 is 10.2 Å². The Labute approximate surface area is 254 Å². The molecule has 0 saturated heterocycles. The summed E-state index contributed by atoms with van der Waals surface area (Å²) in [5.74, 6) is 0.713. The Balaban J connectivity index is 1.94. The fourth-order valence-electron chi connectivity index (χ4n) is 4.44. The van der Waals surface area contributed by atoms with E-state index in [-0.39, 0.29) is 0 Å². The van der Waals surface area contributed by atoms with Gasteiger partial charge in [-0.1, -0.05) is 107 Å². The average molecular weight is 561 g/mol. The maximum absolute atomic E-state index is 10.0. The van der Waals surface area contributed by atoms with Crippen LogP contribution >= 0.6 is 0 Å². The summed E-state index contributed by atoms with van der Waals surface area (Å²) in [5.41, 5.74) is 13.2. The van der Waals surface area contributed by atoms with Crippen molar-refractivity contribution < 1.29 is 10.2 Å². The Morgan fingerprint density at radius 2 is 0.762 bits per heavy atom. The number of hydrogen-bond acceptors (Lipinski definition) is 2. The number of benzene rings is 2. The third-order valence-electron chi connectivity index (χ3n) is 7.55. The molecule has 42 heavy (non-hydrogen) atoms. The molecule has 2 aromatic rings. The van der Waals surface area contributed by atoms with Gasteiger partial charge in [0.15, 0.2) is 0 Å². The second-order valence-corrected chi connectivity index (χ2v) is 11.2. The molecule has 220 valence electrons. The van der Waals surface area contributed by atoms with Crippen LogP contribution < -0.4 is 0 Å². The number of rotatable bonds is 10. The van der Waals surface area contributed by atoms with Crippen molar-refractivity contribution in [3.8, 4) is 11.5 Å². The fourth-order valence-corrected chi connectivity index (χ4v) is 4.44. The third kappa shape index (κ3) is 10.3. The molecule has 0 spiro atoms. The number of hydrogen-bond donors (Lipinski definition) is 2. The molecule has 0 heterocycles. The lowest BCUT2D eigenvalue weighted by atomic mass is 9.96. The van der Waals surface area contributed by atoms with Gasteiger partial charge in [-0.25, -0.2) is 0 Å². The van der Waals surface area contributed by atoms with Crippen LogP contribution in [0.2, 0.25) is 0 Å². The van der Waals surface area contributed by atoms with Gasteiger partial charge >= 0.3 is 0 Å². The van der Waals surface area contributed by atoms with Crippen molar-refractivity contribution >= 4 is 12.2 Å². The van der Waals surface area contributed by atoms with Gasteiger partial charge in [0.25, 0.3) is 0 Å². The quantitative estimate of drug-likeness (QED) is 0.284. The minimum Gasteiger partial charge on any atom is -0.508 e. The van der Waals surface area contributed by atoms with Crippen LogP contribution in [0.15, 0.2) is 107 Å². The Hall–Kier alpha value is -4.30. The molecule has 2 nitrogen and oxygen atoms in total. The van der Waals surface area contributed by atoms with Crippen LogP contribution in [0.1, 0.15) is 72.2 Å². The Kier molecular flexibility index (Phi) is 13.1. The topological polar surface area (TPSA) is 40.5 Å². The first-order valence-electron chi connectivity index (χ1n) is 14.5. The second-order valence-electron chi connectivity index (χ2n) is 11.2. The van der Waals surface area contributed by atoms with E-state index in [9.17, 15) is 10.2 Å². The SMILES string of the molecule is CC(C=Cc1c(C)cc(O)c(C)c1C)=CC=CC(C)=C/C=C/C=C(C)/C=C/C=C(C)/C=C/c1c(C)cc(O)c(C)c1C. The number of aromatic hydroxyl groups is 2. The average Bonchev–Trinajstić information content (AvgIpc) is 2.92. The summed E-state index contributed by atoms with van der Waals surface area (Å²) in [6, 6.07) is 3.66. The van der Waals surface area contributed by atoms with Gasteiger partial charge in [-0.2, -0.15) is 0 Å². The highest BCUT2D eigenvalue weighted by molar-refractivity contribution is 5.65. The first kappa shape index (κ1) is 33.9. The van der Waals surface area contributed by atoms with Crippen LogP contribution in [0, 0.1) is 41.5 Å². The van der Waals surface area contributed by atoms with Crippen molar-refractivity contribution in [1.29, 1.82) is 0 Å². The molecule has 0 saturated carbocycles. The predicted octanol–water partition coefficient (Wildman–Crippen LogP) is 11.1. The molecule has 2 heteroatoms. The molecule has 2 N–H and O–H groups in total. The molecule has 0 fully saturated rings. The molecule has 0 aliphatic rings. The number of phenolic OH excluding ortho intramolecular Hbond substituents is 2. The van der Waals surface area contributed by atoms with E-state index in [4.69, 9.17) is 0 Å². The Morgan fingerprint density at radius 1 is 0.452 bits per heavy atom. The van der Waals surface area contributed by atoms with Gasteiger partial charge in [0.1, 0.15) is 11.5 Å². The summed E-state index contributed by atoms with van der Waals surface area (Å²) < 4.78 is 0. The number of allylic oxidation sites excluding steroid dienone is 16. The molecule has 2 rings (SSSR count). The van der Waals surface area contributed by atoms with E-state index in [1.54, 1.807) is 0 Å². The van der Waals surface area contributed by atoms with E-state index in [0.29, 0.717) is 11.5 Å². The van der Waals surface area contributed by atoms with Crippen molar-refractivity contribution in [2.45, 2.75) is 69.2 Å². The largest absolute Gasteiger partial charge is 0.508 e. The molecule has 0 unspecified atom stereocenters. The van der Waals surface area contributed by atoms with E-state index < -0.39 is 0 Å². The van der Waals surface area contributed by atoms with E-state index in [0.717, 1.165) is 55.7 Å². The van der Waals surface area contributed by atoms with E-state index >= 15 is 0 Å². The van der Waals surface area contributed by atoms with Crippen LogP contribution in [0.5, 0.6) is 11.5 Å². The van der Waals surface area contributed by atoms with Gasteiger partial charge in [-0.3, -0.25) is 0 Å². The summed E-state index contributed by atoms with van der Waals surface area (Å²) in [4.78, 5) is 0. The Morgan fingerprint density at radius 3 is 1.12 bits per heavy atom. The Bertz CT molecular complexity index is 1440. The monoisotopic (exact) mass is 560 g/mol. The van der Waals surface area contributed by atoms with Crippen LogP contribution in [0.3, 0.4) is 0 Å². The van der Waals surface area contributed by atoms with Crippen LogP contribution in [-0.4, -0.2) is 10.2 Å². The zero-order valence-electron chi connectivity index (χ0n) is 27.1. The van der Waals surface area contributed by atoms with Crippen molar-refractivity contribution in [2.24, 2.45) is 0 Å². The lowest BCUT2D eigenvalue weighted by molar-refractivity contribution is 0.469. The number of phenols is 2. The normalized spacial score (nSPS) is 14.2. The molecule has 0 aliphatic heterocycles. The molecule has 0 aromatic heterocycles. The second kappa shape index (κ2) is 16.2. The van der Waals surface area contributed by atoms with Crippen LogP contribution in [0.25, 0.3) is 12.2 Å². The van der Waals surface area contributed by atoms with Crippen molar-refractivity contribution in [1.82, 2.24) is 0 Å². The first-order valence-corrected chi connectivity index (χ1v) is 14.5. The molecule has 0 bridgehead atoms. The van der Waals surface area contributed by atoms with Gasteiger partial charge in [0, 0.05) is 0 Å². The summed E-state index contributed by atoms with van der Waals surface area (Å²) in [6.07, 6.45) is 29.3. The van der Waals surface area contributed by atoms with Crippen LogP contribution in [-0.2, 0) is 0 Å². The zero-order chi connectivity index (χ0) is 31.4. The van der Waals surface area contributed by atoms with E-state index in [1.807, 2.05) is 39.8 Å². The molecule has 2 aromatic carbocycles. The highest BCUT2D eigenvalue weighted by Gasteiger charge is 2.08.